The van der Waals surface area contributed by atoms with Crippen molar-refractivity contribution < 1.29 is 32.9 Å². The molecule has 11 nitrogen and oxygen atoms in total. The average Bonchev–Trinajstić information content (AvgIpc) is 3.03. The molecule has 1 unspecified atom stereocenters. The smallest absolute Gasteiger partial charge is 0.330 e. The van der Waals surface area contributed by atoms with E-state index in [2.05, 4.69) is 4.98 Å². The van der Waals surface area contributed by atoms with Gasteiger partial charge in [0.1, 0.15) is 25.7 Å². The Kier molecular flexibility index (Phi) is 8.74. The van der Waals surface area contributed by atoms with Crippen LogP contribution in [0, 0.1) is 12.3 Å². The minimum atomic E-state index is -3.90. The topological polar surface area (TPSA) is 141 Å². The summed E-state index contributed by atoms with van der Waals surface area (Å²) in [7, 11) is 1.46. The minimum Gasteiger partial charge on any atom is -0.780 e. The quantitative estimate of drug-likeness (QED) is 0.300. The predicted octanol–water partition coefficient (Wildman–Crippen LogP) is 0.355. The summed E-state index contributed by atoms with van der Waals surface area (Å²) >= 11 is 4.94. The highest BCUT2D eigenvalue weighted by molar-refractivity contribution is 8.06. The molecule has 0 bridgehead atoms. The van der Waals surface area contributed by atoms with Crippen LogP contribution in [0.3, 0.4) is 0 Å². The largest absolute Gasteiger partial charge is 0.780 e. The Bertz CT molecular complexity index is 939. The van der Waals surface area contributed by atoms with Gasteiger partial charge in [-0.3, -0.25) is 19.1 Å². The number of nitrogens with zero attached hydrogens (tertiary/aromatic N) is 1. The molecule has 1 aliphatic heterocycles. The van der Waals surface area contributed by atoms with E-state index in [1.165, 1.54) is 17.9 Å². The lowest BCUT2D eigenvalue weighted by Gasteiger charge is -2.32. The van der Waals surface area contributed by atoms with E-state index >= 15 is 0 Å². The Morgan fingerprint density at radius 1 is 1.39 bits per heavy atom. The van der Waals surface area contributed by atoms with Crippen molar-refractivity contribution in [2.24, 2.45) is 5.41 Å². The number of aromatic amines is 1. The number of nitrogens with one attached hydrogen (secondary N) is 1. The second kappa shape index (κ2) is 10.5. The highest BCUT2D eigenvalue weighted by atomic mass is 32.5. The maximum absolute atomic E-state index is 12.5. The van der Waals surface area contributed by atoms with Crippen LogP contribution < -0.4 is 16.1 Å². The van der Waals surface area contributed by atoms with Crippen molar-refractivity contribution in [2.75, 3.05) is 26.9 Å². The number of ether oxygens (including phenoxy) is 3. The molecule has 0 amide bonds. The Hall–Kier alpha value is -1.40. The van der Waals surface area contributed by atoms with E-state index in [4.69, 9.17) is 35.1 Å². The zero-order valence-electron chi connectivity index (χ0n) is 18.1. The zero-order chi connectivity index (χ0) is 23.4. The minimum absolute atomic E-state index is 0.0312. The number of methoxy groups -OCH3 is 1. The van der Waals surface area contributed by atoms with Crippen LogP contribution in [-0.2, 0) is 39.9 Å². The van der Waals surface area contributed by atoms with Gasteiger partial charge in [-0.1, -0.05) is 11.8 Å². The molecule has 0 spiro atoms. The van der Waals surface area contributed by atoms with Crippen LogP contribution in [0.5, 0.6) is 0 Å². The van der Waals surface area contributed by atoms with Crippen molar-refractivity contribution in [3.8, 4) is 0 Å². The Balaban J connectivity index is 2.21. The van der Waals surface area contributed by atoms with Gasteiger partial charge in [0, 0.05) is 25.3 Å². The van der Waals surface area contributed by atoms with Crippen LogP contribution in [0.4, 0.5) is 0 Å². The van der Waals surface area contributed by atoms with Crippen molar-refractivity contribution in [3.05, 3.63) is 32.6 Å². The molecular formula is C18H28N2O9PS-. The maximum atomic E-state index is 12.5. The number of carbonyl (C=O) groups excluding carboxylic acids is 1. The highest BCUT2D eigenvalue weighted by Crippen LogP contribution is 2.45. The summed E-state index contributed by atoms with van der Waals surface area (Å²) in [6, 6.07) is 0. The molecule has 1 fully saturated rings. The highest BCUT2D eigenvalue weighted by Gasteiger charge is 2.40. The van der Waals surface area contributed by atoms with E-state index in [1.54, 1.807) is 27.7 Å². The van der Waals surface area contributed by atoms with E-state index < -0.39 is 47.8 Å². The van der Waals surface area contributed by atoms with Gasteiger partial charge in [0.15, 0.2) is 0 Å². The first-order chi connectivity index (χ1) is 14.3. The lowest BCUT2D eigenvalue weighted by atomic mass is 9.97. The molecule has 4 atom stereocenters. The zero-order valence-corrected chi connectivity index (χ0v) is 19.8. The van der Waals surface area contributed by atoms with Crippen LogP contribution in [0.25, 0.3) is 0 Å². The molecular weight excluding hydrogens is 451 g/mol. The summed E-state index contributed by atoms with van der Waals surface area (Å²) in [5.41, 5.74) is -1.62. The van der Waals surface area contributed by atoms with Crippen molar-refractivity contribution in [1.82, 2.24) is 9.55 Å². The van der Waals surface area contributed by atoms with E-state index in [1.807, 2.05) is 0 Å². The molecule has 176 valence electrons. The average molecular weight is 479 g/mol. The first kappa shape index (κ1) is 25.9. The molecule has 0 saturated carbocycles. The monoisotopic (exact) mass is 479 g/mol. The molecule has 2 rings (SSSR count). The number of esters is 1. The van der Waals surface area contributed by atoms with Gasteiger partial charge in [0.05, 0.1) is 24.7 Å². The third-order valence-electron chi connectivity index (χ3n) is 4.43. The number of hydrogen-bond donors (Lipinski definition) is 1. The van der Waals surface area contributed by atoms with Gasteiger partial charge < -0.3 is 28.2 Å². The number of rotatable bonds is 9. The van der Waals surface area contributed by atoms with Crippen molar-refractivity contribution >= 4 is 24.5 Å². The van der Waals surface area contributed by atoms with Crippen LogP contribution in [0.15, 0.2) is 15.8 Å². The van der Waals surface area contributed by atoms with Crippen molar-refractivity contribution in [2.45, 2.75) is 52.6 Å². The fourth-order valence-electron chi connectivity index (χ4n) is 2.74. The molecule has 1 aromatic heterocycles. The molecule has 13 heteroatoms. The van der Waals surface area contributed by atoms with Crippen molar-refractivity contribution in [1.29, 1.82) is 0 Å². The first-order valence-corrected chi connectivity index (χ1v) is 12.2. The van der Waals surface area contributed by atoms with Gasteiger partial charge in [0.2, 0.25) is 0 Å². The fraction of sp³-hybridized carbons (Fsp3) is 0.722. The fourth-order valence-corrected chi connectivity index (χ4v) is 4.20. The molecule has 2 heterocycles. The molecule has 0 radical (unpaired) electrons. The third kappa shape index (κ3) is 7.31. The second-order valence-corrected chi connectivity index (χ2v) is 10.8. The molecule has 1 aromatic rings. The van der Waals surface area contributed by atoms with Gasteiger partial charge in [-0.05, 0) is 27.7 Å². The molecule has 0 aromatic carbocycles. The summed E-state index contributed by atoms with van der Waals surface area (Å²) in [6.07, 6.45) is -1.19. The number of aromatic nitrogens is 2. The summed E-state index contributed by atoms with van der Waals surface area (Å²) < 4.78 is 27.8. The lowest BCUT2D eigenvalue weighted by molar-refractivity contribution is -0.213. The molecule has 31 heavy (non-hydrogen) atoms. The maximum Gasteiger partial charge on any atom is 0.330 e. The van der Waals surface area contributed by atoms with Gasteiger partial charge >= 0.3 is 11.7 Å². The third-order valence-corrected chi connectivity index (χ3v) is 6.03. The summed E-state index contributed by atoms with van der Waals surface area (Å²) in [5.74, 6) is -0.465. The van der Waals surface area contributed by atoms with E-state index in [9.17, 15) is 19.3 Å². The number of aryl methyl sites for hydroxylation is 1. The summed E-state index contributed by atoms with van der Waals surface area (Å²) in [6.45, 7) is 2.68. The van der Waals surface area contributed by atoms with E-state index in [0.29, 0.717) is 5.56 Å². The molecule has 1 N–H and O–H groups in total. The number of hydrogen-bond acceptors (Lipinski definition) is 10. The predicted molar refractivity (Wildman–Crippen MR) is 112 cm³/mol. The van der Waals surface area contributed by atoms with Crippen LogP contribution in [0.2, 0.25) is 0 Å². The second-order valence-electron chi connectivity index (χ2n) is 8.11. The van der Waals surface area contributed by atoms with Crippen LogP contribution in [0.1, 0.15) is 39.0 Å². The van der Waals surface area contributed by atoms with Gasteiger partial charge in [-0.25, -0.2) is 4.79 Å². The van der Waals surface area contributed by atoms with Crippen molar-refractivity contribution in [3.63, 3.8) is 0 Å². The molecule has 0 aliphatic carbocycles. The van der Waals surface area contributed by atoms with E-state index in [0.717, 1.165) is 0 Å². The number of H-pyrrole nitrogens is 1. The van der Waals surface area contributed by atoms with Crippen LogP contribution >= 0.6 is 6.72 Å². The SMILES string of the molecule is COCCOP([O-])(=S)O[C@H]1C[C@H](n2cc(C)c(=O)[nH]c2=O)O[C@@H]1COC(=O)C(C)(C)C. The molecule has 1 aliphatic rings. The standard InChI is InChI=1S/C18H29N2O9PS/c1-11-9-20(17(23)19-15(11)21)14-8-12(29-30(24,31)27-7-6-25-5)13(28-14)10-26-16(22)18(2,3)4/h9,12-14H,6-8,10H2,1-5H3,(H,24,31)(H,19,21,23)/p-1/t12-,13+,14+,30?/m0/s1. The van der Waals surface area contributed by atoms with Gasteiger partial charge in [0.25, 0.3) is 5.56 Å². The van der Waals surface area contributed by atoms with Crippen LogP contribution in [-0.4, -0.2) is 54.7 Å². The van der Waals surface area contributed by atoms with E-state index in [-0.39, 0.29) is 26.2 Å². The molecule has 1 saturated heterocycles. The number of carbonyl (C=O) groups is 1. The Labute approximate surface area is 184 Å². The summed E-state index contributed by atoms with van der Waals surface area (Å²) in [4.78, 5) is 50.8. The Morgan fingerprint density at radius 3 is 2.68 bits per heavy atom. The van der Waals surface area contributed by atoms with Gasteiger partial charge in [-0.15, -0.1) is 0 Å². The lowest BCUT2D eigenvalue weighted by Crippen LogP contribution is -2.34. The Morgan fingerprint density at radius 2 is 2.06 bits per heavy atom. The normalized spacial score (nSPS) is 23.5. The summed E-state index contributed by atoms with van der Waals surface area (Å²) in [5, 5.41) is 0. The first-order valence-electron chi connectivity index (χ1n) is 9.61. The van der Waals surface area contributed by atoms with Gasteiger partial charge in [-0.2, -0.15) is 0 Å².